The molecule has 0 aliphatic carbocycles. The van der Waals surface area contributed by atoms with Gasteiger partial charge in [0, 0.05) is 43.4 Å². The van der Waals surface area contributed by atoms with Crippen LogP contribution in [0.1, 0.15) is 29.8 Å². The summed E-state index contributed by atoms with van der Waals surface area (Å²) in [7, 11) is 1.59. The highest BCUT2D eigenvalue weighted by molar-refractivity contribution is 7.09. The van der Waals surface area contributed by atoms with Crippen LogP contribution < -0.4 is 10.1 Å². The number of para-hydroxylation sites is 2. The Morgan fingerprint density at radius 3 is 2.62 bits per heavy atom. The van der Waals surface area contributed by atoms with E-state index in [4.69, 9.17) is 4.74 Å². The van der Waals surface area contributed by atoms with E-state index in [1.165, 1.54) is 4.88 Å². The third-order valence-corrected chi connectivity index (χ3v) is 6.16. The first kappa shape index (κ1) is 19.8. The number of nitrogens with one attached hydrogen (secondary N) is 1. The maximum absolute atomic E-state index is 12.5. The molecule has 0 saturated carbocycles. The highest BCUT2D eigenvalue weighted by atomic mass is 32.1. The SMILES string of the molecule is COc1nc2ccccc2nc1CCC(=O)NC1CCN(Cc2cccs2)CC1. The van der Waals surface area contributed by atoms with Crippen molar-refractivity contribution >= 4 is 28.3 Å². The summed E-state index contributed by atoms with van der Waals surface area (Å²) in [5.41, 5.74) is 2.35. The van der Waals surface area contributed by atoms with Crippen LogP contribution in [-0.4, -0.2) is 47.0 Å². The van der Waals surface area contributed by atoms with Crippen LogP contribution in [0.25, 0.3) is 11.0 Å². The normalized spacial score (nSPS) is 15.5. The summed E-state index contributed by atoms with van der Waals surface area (Å²) >= 11 is 1.80. The number of ether oxygens (including phenoxy) is 1. The fourth-order valence-electron chi connectivity index (χ4n) is 3.74. The van der Waals surface area contributed by atoms with E-state index in [9.17, 15) is 4.79 Å². The van der Waals surface area contributed by atoms with Crippen LogP contribution in [0.5, 0.6) is 5.88 Å². The van der Waals surface area contributed by atoms with Crippen LogP contribution in [0.2, 0.25) is 0 Å². The van der Waals surface area contributed by atoms with E-state index in [0.29, 0.717) is 18.7 Å². The number of amides is 1. The summed E-state index contributed by atoms with van der Waals surface area (Å²) in [5.74, 6) is 0.567. The van der Waals surface area contributed by atoms with Gasteiger partial charge in [-0.2, -0.15) is 0 Å². The van der Waals surface area contributed by atoms with Crippen LogP contribution in [0, 0.1) is 0 Å². The number of carbonyl (C=O) groups excluding carboxylic acids is 1. The lowest BCUT2D eigenvalue weighted by Crippen LogP contribution is -2.44. The van der Waals surface area contributed by atoms with Crippen molar-refractivity contribution in [1.29, 1.82) is 0 Å². The van der Waals surface area contributed by atoms with Crippen LogP contribution in [0.3, 0.4) is 0 Å². The van der Waals surface area contributed by atoms with E-state index >= 15 is 0 Å². The lowest BCUT2D eigenvalue weighted by Gasteiger charge is -2.32. The Hall–Kier alpha value is -2.51. The average Bonchev–Trinajstić information content (AvgIpc) is 3.26. The molecule has 1 N–H and O–H groups in total. The van der Waals surface area contributed by atoms with Gasteiger partial charge in [-0.25, -0.2) is 9.97 Å². The van der Waals surface area contributed by atoms with Crippen molar-refractivity contribution in [2.75, 3.05) is 20.2 Å². The van der Waals surface area contributed by atoms with Crippen LogP contribution in [0.4, 0.5) is 0 Å². The number of benzene rings is 1. The zero-order chi connectivity index (χ0) is 20.1. The maximum atomic E-state index is 12.5. The Morgan fingerprint density at radius 1 is 1.17 bits per heavy atom. The minimum Gasteiger partial charge on any atom is -0.480 e. The van der Waals surface area contributed by atoms with E-state index in [1.54, 1.807) is 18.4 Å². The monoisotopic (exact) mass is 410 g/mol. The van der Waals surface area contributed by atoms with Crippen LogP contribution in [0.15, 0.2) is 41.8 Å². The molecule has 1 aromatic carbocycles. The van der Waals surface area contributed by atoms with Crippen molar-refractivity contribution in [2.45, 2.75) is 38.3 Å². The minimum absolute atomic E-state index is 0.0683. The molecule has 6 nitrogen and oxygen atoms in total. The number of thiophene rings is 1. The molecule has 0 unspecified atom stereocenters. The van der Waals surface area contributed by atoms with Gasteiger partial charge in [-0.15, -0.1) is 11.3 Å². The van der Waals surface area contributed by atoms with E-state index < -0.39 is 0 Å². The number of hydrogen-bond acceptors (Lipinski definition) is 6. The van der Waals surface area contributed by atoms with Crippen molar-refractivity contribution in [2.24, 2.45) is 0 Å². The first-order valence-electron chi connectivity index (χ1n) is 10.0. The number of aromatic nitrogens is 2. The molecular formula is C22H26N4O2S. The van der Waals surface area contributed by atoms with Crippen molar-refractivity contribution in [3.63, 3.8) is 0 Å². The third kappa shape index (κ3) is 5.10. The fourth-order valence-corrected chi connectivity index (χ4v) is 4.48. The number of nitrogens with zero attached hydrogens (tertiary/aromatic N) is 3. The van der Waals surface area contributed by atoms with Gasteiger partial charge < -0.3 is 10.1 Å². The van der Waals surface area contributed by atoms with E-state index in [0.717, 1.165) is 49.2 Å². The minimum atomic E-state index is 0.0683. The van der Waals surface area contributed by atoms with Gasteiger partial charge in [0.1, 0.15) is 5.69 Å². The number of piperidine rings is 1. The molecule has 0 radical (unpaired) electrons. The molecule has 3 aromatic rings. The quantitative estimate of drug-likeness (QED) is 0.647. The number of aryl methyl sites for hydroxylation is 1. The molecule has 3 heterocycles. The Labute approximate surface area is 174 Å². The molecule has 4 rings (SSSR count). The number of likely N-dealkylation sites (tertiary alicyclic amines) is 1. The number of methoxy groups -OCH3 is 1. The van der Waals surface area contributed by atoms with Gasteiger partial charge in [-0.1, -0.05) is 18.2 Å². The van der Waals surface area contributed by atoms with Crippen LogP contribution >= 0.6 is 11.3 Å². The average molecular weight is 411 g/mol. The maximum Gasteiger partial charge on any atom is 0.235 e. The number of carbonyl (C=O) groups is 1. The van der Waals surface area contributed by atoms with Crippen molar-refractivity contribution in [1.82, 2.24) is 20.2 Å². The lowest BCUT2D eigenvalue weighted by molar-refractivity contribution is -0.122. The number of hydrogen-bond donors (Lipinski definition) is 1. The zero-order valence-electron chi connectivity index (χ0n) is 16.6. The molecule has 29 heavy (non-hydrogen) atoms. The molecule has 2 aromatic heterocycles. The topological polar surface area (TPSA) is 67.3 Å². The summed E-state index contributed by atoms with van der Waals surface area (Å²) in [6.45, 7) is 3.05. The highest BCUT2D eigenvalue weighted by Gasteiger charge is 2.21. The summed E-state index contributed by atoms with van der Waals surface area (Å²) in [5, 5.41) is 5.31. The molecule has 1 aliphatic heterocycles. The van der Waals surface area contributed by atoms with Gasteiger partial charge in [0.05, 0.1) is 18.1 Å². The highest BCUT2D eigenvalue weighted by Crippen LogP contribution is 2.20. The first-order chi connectivity index (χ1) is 14.2. The van der Waals surface area contributed by atoms with Crippen molar-refractivity contribution in [3.8, 4) is 5.88 Å². The van der Waals surface area contributed by atoms with Gasteiger partial charge in [0.2, 0.25) is 11.8 Å². The zero-order valence-corrected chi connectivity index (χ0v) is 17.5. The second-order valence-electron chi connectivity index (χ2n) is 7.37. The van der Waals surface area contributed by atoms with Gasteiger partial charge >= 0.3 is 0 Å². The second kappa shape index (κ2) is 9.33. The Bertz CT molecular complexity index is 953. The standard InChI is InChI=1S/C22H26N4O2S/c1-28-22-20(24-18-6-2-3-7-19(18)25-22)8-9-21(27)23-16-10-12-26(13-11-16)15-17-5-4-14-29-17/h2-7,14,16H,8-13,15H2,1H3,(H,23,27). The van der Waals surface area contributed by atoms with E-state index in [1.807, 2.05) is 24.3 Å². The Kier molecular flexibility index (Phi) is 6.36. The van der Waals surface area contributed by atoms with Crippen molar-refractivity contribution in [3.05, 3.63) is 52.3 Å². The van der Waals surface area contributed by atoms with Crippen LogP contribution in [-0.2, 0) is 17.8 Å². The molecule has 0 spiro atoms. The largest absolute Gasteiger partial charge is 0.480 e. The Morgan fingerprint density at radius 2 is 1.93 bits per heavy atom. The molecule has 1 amide bonds. The Balaban J connectivity index is 1.27. The lowest BCUT2D eigenvalue weighted by atomic mass is 10.0. The predicted octanol–water partition coefficient (Wildman–Crippen LogP) is 3.41. The first-order valence-corrected chi connectivity index (χ1v) is 10.9. The third-order valence-electron chi connectivity index (χ3n) is 5.30. The molecule has 7 heteroatoms. The van der Waals surface area contributed by atoms with Gasteiger partial charge in [-0.3, -0.25) is 9.69 Å². The molecule has 0 bridgehead atoms. The smallest absolute Gasteiger partial charge is 0.235 e. The van der Waals surface area contributed by atoms with Gasteiger partial charge in [0.15, 0.2) is 0 Å². The summed E-state index contributed by atoms with van der Waals surface area (Å²) in [6.07, 6.45) is 2.90. The molecule has 152 valence electrons. The van der Waals surface area contributed by atoms with E-state index in [2.05, 4.69) is 37.7 Å². The fraction of sp³-hybridized carbons (Fsp3) is 0.409. The molecular weight excluding hydrogens is 384 g/mol. The summed E-state index contributed by atoms with van der Waals surface area (Å²) in [4.78, 5) is 25.5. The molecule has 1 aliphatic rings. The molecule has 1 fully saturated rings. The summed E-state index contributed by atoms with van der Waals surface area (Å²) in [6, 6.07) is 12.2. The second-order valence-corrected chi connectivity index (χ2v) is 8.40. The number of fused-ring (bicyclic) bond motifs is 1. The van der Waals surface area contributed by atoms with Gasteiger partial charge in [0.25, 0.3) is 0 Å². The predicted molar refractivity (Wildman–Crippen MR) is 115 cm³/mol. The molecule has 0 atom stereocenters. The summed E-state index contributed by atoms with van der Waals surface area (Å²) < 4.78 is 5.38. The van der Waals surface area contributed by atoms with Crippen molar-refractivity contribution < 1.29 is 9.53 Å². The van der Waals surface area contributed by atoms with Gasteiger partial charge in [-0.05, 0) is 36.4 Å². The number of rotatable bonds is 7. The van der Waals surface area contributed by atoms with E-state index in [-0.39, 0.29) is 11.9 Å². The molecule has 1 saturated heterocycles.